The van der Waals surface area contributed by atoms with Gasteiger partial charge in [-0.2, -0.15) is 0 Å². The molecule has 0 spiro atoms. The fourth-order valence-corrected chi connectivity index (χ4v) is 4.18. The Morgan fingerprint density at radius 2 is 2.03 bits per heavy atom. The van der Waals surface area contributed by atoms with Gasteiger partial charge in [0.05, 0.1) is 29.8 Å². The Bertz CT molecular complexity index is 1140. The SMILES string of the molecule is C[C@H](/C=C/S(C)(=O)=O)NC(=O)c1ccc(N2CCOC[C@H]2c2cccc(F)c2Cl)cc1F. The number of ether oxygens (including phenoxy) is 1. The fourth-order valence-electron chi connectivity index (χ4n) is 3.41. The molecular formula is C22H23ClF2N2O4S. The topological polar surface area (TPSA) is 75.7 Å². The summed E-state index contributed by atoms with van der Waals surface area (Å²) in [6.07, 6.45) is 2.34. The molecule has 1 amide bonds. The minimum absolute atomic E-state index is 0.0133. The molecule has 1 aliphatic rings. The molecule has 0 bridgehead atoms. The zero-order valence-corrected chi connectivity index (χ0v) is 19.1. The summed E-state index contributed by atoms with van der Waals surface area (Å²) in [5.74, 6) is -1.96. The van der Waals surface area contributed by atoms with Gasteiger partial charge in [-0.15, -0.1) is 0 Å². The van der Waals surface area contributed by atoms with Gasteiger partial charge in [-0.05, 0) is 36.8 Å². The number of amides is 1. The number of carbonyl (C=O) groups excluding carboxylic acids is 1. The van der Waals surface area contributed by atoms with Crippen LogP contribution in [0.5, 0.6) is 0 Å². The van der Waals surface area contributed by atoms with Crippen molar-refractivity contribution in [1.82, 2.24) is 5.32 Å². The summed E-state index contributed by atoms with van der Waals surface area (Å²) in [5, 5.41) is 3.50. The van der Waals surface area contributed by atoms with Gasteiger partial charge in [-0.1, -0.05) is 29.8 Å². The fraction of sp³-hybridized carbons (Fsp3) is 0.318. The van der Waals surface area contributed by atoms with Gasteiger partial charge >= 0.3 is 0 Å². The van der Waals surface area contributed by atoms with E-state index in [1.165, 1.54) is 24.3 Å². The molecule has 1 saturated heterocycles. The first-order valence-corrected chi connectivity index (χ1v) is 12.2. The summed E-state index contributed by atoms with van der Waals surface area (Å²) in [6.45, 7) is 2.65. The number of nitrogens with zero attached hydrogens (tertiary/aromatic N) is 1. The molecule has 0 aliphatic carbocycles. The van der Waals surface area contributed by atoms with Crippen LogP contribution < -0.4 is 10.2 Å². The molecule has 172 valence electrons. The third-order valence-electron chi connectivity index (χ3n) is 4.97. The molecule has 3 rings (SSSR count). The molecule has 0 saturated carbocycles. The quantitative estimate of drug-likeness (QED) is 0.673. The van der Waals surface area contributed by atoms with Crippen molar-refractivity contribution in [2.75, 3.05) is 30.9 Å². The van der Waals surface area contributed by atoms with E-state index in [1.54, 1.807) is 25.1 Å². The number of carbonyl (C=O) groups is 1. The monoisotopic (exact) mass is 484 g/mol. The minimum atomic E-state index is -3.33. The Balaban J connectivity index is 1.82. The Labute approximate surface area is 190 Å². The minimum Gasteiger partial charge on any atom is -0.377 e. The molecule has 6 nitrogen and oxygen atoms in total. The number of rotatable bonds is 6. The van der Waals surface area contributed by atoms with E-state index in [0.29, 0.717) is 24.4 Å². The van der Waals surface area contributed by atoms with E-state index in [9.17, 15) is 22.0 Å². The van der Waals surface area contributed by atoms with Gasteiger partial charge in [-0.3, -0.25) is 4.79 Å². The molecule has 0 radical (unpaired) electrons. The van der Waals surface area contributed by atoms with E-state index in [4.69, 9.17) is 16.3 Å². The lowest BCUT2D eigenvalue weighted by Gasteiger charge is -2.38. The van der Waals surface area contributed by atoms with Crippen molar-refractivity contribution >= 4 is 33.0 Å². The Morgan fingerprint density at radius 3 is 2.72 bits per heavy atom. The van der Waals surface area contributed by atoms with Crippen LogP contribution in [0.15, 0.2) is 47.9 Å². The number of hydrogen-bond donors (Lipinski definition) is 1. The Kier molecular flexibility index (Phi) is 7.53. The number of anilines is 1. The predicted molar refractivity (Wildman–Crippen MR) is 120 cm³/mol. The summed E-state index contributed by atoms with van der Waals surface area (Å²) >= 11 is 6.15. The maximum Gasteiger partial charge on any atom is 0.254 e. The van der Waals surface area contributed by atoms with Crippen molar-refractivity contribution in [1.29, 1.82) is 0 Å². The number of sulfone groups is 1. The van der Waals surface area contributed by atoms with Gasteiger partial charge < -0.3 is 15.0 Å². The summed E-state index contributed by atoms with van der Waals surface area (Å²) in [5.41, 5.74) is 0.847. The smallest absolute Gasteiger partial charge is 0.254 e. The second kappa shape index (κ2) is 9.97. The maximum atomic E-state index is 14.8. The number of nitrogens with one attached hydrogen (secondary N) is 1. The van der Waals surface area contributed by atoms with Crippen molar-refractivity contribution in [2.24, 2.45) is 0 Å². The molecule has 32 heavy (non-hydrogen) atoms. The van der Waals surface area contributed by atoms with Gasteiger partial charge in [0.15, 0.2) is 9.84 Å². The average Bonchev–Trinajstić information content (AvgIpc) is 2.73. The lowest BCUT2D eigenvalue weighted by Crippen LogP contribution is -2.40. The molecule has 1 fully saturated rings. The number of hydrogen-bond acceptors (Lipinski definition) is 5. The molecular weight excluding hydrogens is 462 g/mol. The van der Waals surface area contributed by atoms with Crippen molar-refractivity contribution in [3.05, 3.63) is 75.7 Å². The molecule has 0 aromatic heterocycles. The Morgan fingerprint density at radius 1 is 1.28 bits per heavy atom. The average molecular weight is 485 g/mol. The van der Waals surface area contributed by atoms with E-state index >= 15 is 0 Å². The van der Waals surface area contributed by atoms with E-state index in [0.717, 1.165) is 11.7 Å². The van der Waals surface area contributed by atoms with Crippen molar-refractivity contribution in [3.63, 3.8) is 0 Å². The van der Waals surface area contributed by atoms with Gasteiger partial charge in [0.25, 0.3) is 5.91 Å². The highest BCUT2D eigenvalue weighted by molar-refractivity contribution is 7.93. The van der Waals surface area contributed by atoms with Crippen LogP contribution in [-0.2, 0) is 14.6 Å². The van der Waals surface area contributed by atoms with Crippen molar-refractivity contribution < 1.29 is 26.7 Å². The highest BCUT2D eigenvalue weighted by Crippen LogP contribution is 2.35. The van der Waals surface area contributed by atoms with Crippen molar-refractivity contribution in [3.8, 4) is 0 Å². The van der Waals surface area contributed by atoms with Crippen LogP contribution in [0, 0.1) is 11.6 Å². The van der Waals surface area contributed by atoms with Gasteiger partial charge in [0.1, 0.15) is 11.6 Å². The van der Waals surface area contributed by atoms with Gasteiger partial charge in [0.2, 0.25) is 0 Å². The second-order valence-electron chi connectivity index (χ2n) is 7.51. The second-order valence-corrected chi connectivity index (χ2v) is 9.82. The summed E-state index contributed by atoms with van der Waals surface area (Å²) in [4.78, 5) is 14.3. The largest absolute Gasteiger partial charge is 0.377 e. The number of benzene rings is 2. The van der Waals surface area contributed by atoms with Gasteiger partial charge in [-0.25, -0.2) is 17.2 Å². The molecule has 1 N–H and O–H groups in total. The predicted octanol–water partition coefficient (Wildman–Crippen LogP) is 3.87. The van der Waals surface area contributed by atoms with E-state index < -0.39 is 39.5 Å². The van der Waals surface area contributed by atoms with Crippen LogP contribution in [-0.4, -0.2) is 46.4 Å². The lowest BCUT2D eigenvalue weighted by molar-refractivity contribution is 0.0934. The molecule has 2 atom stereocenters. The number of halogens is 3. The van der Waals surface area contributed by atoms with E-state index in [1.807, 2.05) is 4.90 Å². The van der Waals surface area contributed by atoms with Gasteiger partial charge in [0, 0.05) is 29.9 Å². The maximum absolute atomic E-state index is 14.8. The van der Waals surface area contributed by atoms with Crippen LogP contribution in [0.25, 0.3) is 0 Å². The Hall–Kier alpha value is -2.49. The first-order chi connectivity index (χ1) is 15.1. The van der Waals surface area contributed by atoms with Crippen molar-refractivity contribution in [2.45, 2.75) is 19.0 Å². The molecule has 10 heteroatoms. The third kappa shape index (κ3) is 5.85. The highest BCUT2D eigenvalue weighted by atomic mass is 35.5. The summed E-state index contributed by atoms with van der Waals surface area (Å²) in [6, 6.07) is 7.66. The summed E-state index contributed by atoms with van der Waals surface area (Å²) in [7, 11) is -3.33. The third-order valence-corrected chi connectivity index (χ3v) is 6.02. The van der Waals surface area contributed by atoms with Crippen LogP contribution >= 0.6 is 11.6 Å². The first kappa shape index (κ1) is 24.2. The molecule has 0 unspecified atom stereocenters. The molecule has 2 aromatic carbocycles. The van der Waals surface area contributed by atoms with E-state index in [-0.39, 0.29) is 17.2 Å². The molecule has 1 aliphatic heterocycles. The van der Waals surface area contributed by atoms with Crippen LogP contribution in [0.1, 0.15) is 28.9 Å². The zero-order chi connectivity index (χ0) is 23.5. The van der Waals surface area contributed by atoms with Crippen LogP contribution in [0.2, 0.25) is 5.02 Å². The van der Waals surface area contributed by atoms with Crippen LogP contribution in [0.4, 0.5) is 14.5 Å². The molecule has 1 heterocycles. The number of morpholine rings is 1. The normalized spacial score (nSPS) is 18.0. The summed E-state index contributed by atoms with van der Waals surface area (Å²) < 4.78 is 56.7. The highest BCUT2D eigenvalue weighted by Gasteiger charge is 2.28. The standard InChI is InChI=1S/C22H23ClF2N2O4S/c1-14(8-11-32(2,29)30)26-22(28)16-7-6-15(12-19(16)25)27-9-10-31-13-20(27)17-4-3-5-18(24)21(17)23/h3-8,11-12,14,20H,9-10,13H2,1-2H3,(H,26,28)/b11-8+/t14-,20+/m1/s1. The molecule has 2 aromatic rings. The zero-order valence-electron chi connectivity index (χ0n) is 17.5. The first-order valence-electron chi connectivity index (χ1n) is 9.84. The lowest BCUT2D eigenvalue weighted by atomic mass is 10.0. The van der Waals surface area contributed by atoms with E-state index in [2.05, 4.69) is 5.32 Å². The van der Waals surface area contributed by atoms with Crippen LogP contribution in [0.3, 0.4) is 0 Å².